The molecule has 11 heteroatoms. The zero-order valence-corrected chi connectivity index (χ0v) is 22.7. The van der Waals surface area contributed by atoms with Gasteiger partial charge in [-0.15, -0.1) is 11.3 Å². The molecule has 0 spiro atoms. The summed E-state index contributed by atoms with van der Waals surface area (Å²) in [7, 11) is 4.56. The van der Waals surface area contributed by atoms with Crippen LogP contribution in [0.3, 0.4) is 0 Å². The van der Waals surface area contributed by atoms with Crippen molar-refractivity contribution in [3.8, 4) is 17.2 Å². The van der Waals surface area contributed by atoms with E-state index in [0.29, 0.717) is 41.6 Å². The van der Waals surface area contributed by atoms with Gasteiger partial charge in [-0.3, -0.25) is 9.59 Å². The van der Waals surface area contributed by atoms with Crippen molar-refractivity contribution in [3.05, 3.63) is 75.7 Å². The molecule has 0 radical (unpaired) electrons. The van der Waals surface area contributed by atoms with Crippen molar-refractivity contribution < 1.29 is 23.8 Å². The van der Waals surface area contributed by atoms with E-state index in [1.54, 1.807) is 17.5 Å². The van der Waals surface area contributed by atoms with Gasteiger partial charge in [0.05, 0.1) is 37.6 Å². The Morgan fingerprint density at radius 2 is 1.72 bits per heavy atom. The van der Waals surface area contributed by atoms with Crippen LogP contribution in [0.5, 0.6) is 17.2 Å². The molecule has 3 aromatic rings. The summed E-state index contributed by atoms with van der Waals surface area (Å²) in [5.74, 6) is 0.993. The molecule has 1 aromatic heterocycles. The van der Waals surface area contributed by atoms with Crippen LogP contribution in [-0.2, 0) is 0 Å². The number of carbonyl (C=O) groups excluding carboxylic acids is 2. The number of piperidine rings is 1. The average molecular weight is 548 g/mol. The second-order valence-corrected chi connectivity index (χ2v) is 9.96. The molecule has 1 atom stereocenters. The maximum atomic E-state index is 13.3. The molecule has 2 aromatic carbocycles. The van der Waals surface area contributed by atoms with E-state index in [-0.39, 0.29) is 17.7 Å². The first-order valence-corrected chi connectivity index (χ1v) is 13.4. The van der Waals surface area contributed by atoms with Gasteiger partial charge in [0.2, 0.25) is 5.75 Å². The Balaban J connectivity index is 1.19. The number of hydrogen-bond donors (Lipinski definition) is 1. The maximum absolute atomic E-state index is 13.3. The van der Waals surface area contributed by atoms with Gasteiger partial charge in [-0.2, -0.15) is 10.2 Å². The molecule has 10 nitrogen and oxygen atoms in total. The third-order valence-electron chi connectivity index (χ3n) is 6.77. The number of hydrogen-bond acceptors (Lipinski definition) is 9. The van der Waals surface area contributed by atoms with Crippen LogP contribution in [0.25, 0.3) is 5.70 Å². The fraction of sp³-hybridized carbons (Fsp3) is 0.321. The molecule has 1 unspecified atom stereocenters. The molecule has 1 saturated heterocycles. The lowest BCUT2D eigenvalue weighted by molar-refractivity contribution is 0.0708. The van der Waals surface area contributed by atoms with Gasteiger partial charge in [-0.25, -0.2) is 4.98 Å². The molecule has 5 rings (SSSR count). The van der Waals surface area contributed by atoms with Crippen LogP contribution in [0.1, 0.15) is 50.2 Å². The molecule has 3 heterocycles. The van der Waals surface area contributed by atoms with Crippen molar-refractivity contribution in [1.29, 1.82) is 0 Å². The molecule has 2 amide bonds. The number of thiazole rings is 1. The minimum atomic E-state index is -0.527. The minimum absolute atomic E-state index is 0.126. The second kappa shape index (κ2) is 11.6. The number of nitrogens with zero attached hydrogens (tertiary/aromatic N) is 4. The monoisotopic (exact) mass is 547 g/mol. The highest BCUT2D eigenvalue weighted by atomic mass is 32.1. The number of likely N-dealkylation sites (tertiary alicyclic amines) is 1. The zero-order valence-electron chi connectivity index (χ0n) is 21.9. The quantitative estimate of drug-likeness (QED) is 0.435. The van der Waals surface area contributed by atoms with Crippen LogP contribution in [-0.4, -0.2) is 62.3 Å². The number of azo groups is 1. The van der Waals surface area contributed by atoms with Gasteiger partial charge < -0.3 is 24.4 Å². The summed E-state index contributed by atoms with van der Waals surface area (Å²) in [6.07, 6.45) is 2.78. The molecule has 2 aliphatic rings. The molecule has 1 fully saturated rings. The van der Waals surface area contributed by atoms with E-state index in [2.05, 4.69) is 20.5 Å². The lowest BCUT2D eigenvalue weighted by Crippen LogP contribution is -2.38. The Labute approximate surface area is 230 Å². The molecule has 0 aliphatic carbocycles. The Hall–Kier alpha value is -4.25. The van der Waals surface area contributed by atoms with Gasteiger partial charge in [0.15, 0.2) is 17.7 Å². The van der Waals surface area contributed by atoms with E-state index in [1.165, 1.54) is 32.7 Å². The summed E-state index contributed by atoms with van der Waals surface area (Å²) in [6, 6.07) is 13.1. The predicted molar refractivity (Wildman–Crippen MR) is 147 cm³/mol. The molecule has 39 heavy (non-hydrogen) atoms. The van der Waals surface area contributed by atoms with Crippen molar-refractivity contribution in [2.24, 2.45) is 10.2 Å². The SMILES string of the molecule is COc1ccc(C(=O)N2CCC(c3nc(C(=O)NC4C=C(c5ccccc5)N=N4)cs3)CC2)c(OC)c1OC. The summed E-state index contributed by atoms with van der Waals surface area (Å²) in [4.78, 5) is 32.6. The summed E-state index contributed by atoms with van der Waals surface area (Å²) >= 11 is 1.47. The highest BCUT2D eigenvalue weighted by Crippen LogP contribution is 2.41. The number of carbonyl (C=O) groups is 2. The Bertz CT molecular complexity index is 1410. The van der Waals surface area contributed by atoms with E-state index in [9.17, 15) is 9.59 Å². The van der Waals surface area contributed by atoms with Gasteiger partial charge in [-0.05, 0) is 31.1 Å². The number of benzene rings is 2. The molecule has 202 valence electrons. The van der Waals surface area contributed by atoms with Crippen LogP contribution < -0.4 is 19.5 Å². The van der Waals surface area contributed by atoms with Gasteiger partial charge in [0, 0.05) is 30.0 Å². The Morgan fingerprint density at radius 1 is 0.974 bits per heavy atom. The van der Waals surface area contributed by atoms with Gasteiger partial charge >= 0.3 is 0 Å². The highest BCUT2D eigenvalue weighted by molar-refractivity contribution is 7.09. The largest absolute Gasteiger partial charge is 0.493 e. The third kappa shape index (κ3) is 5.49. The topological polar surface area (TPSA) is 115 Å². The summed E-state index contributed by atoms with van der Waals surface area (Å²) in [6.45, 7) is 1.13. The van der Waals surface area contributed by atoms with Crippen molar-refractivity contribution in [1.82, 2.24) is 15.2 Å². The first-order chi connectivity index (χ1) is 19.0. The molecular weight excluding hydrogens is 518 g/mol. The predicted octanol–water partition coefficient (Wildman–Crippen LogP) is 4.75. The van der Waals surface area contributed by atoms with Crippen molar-refractivity contribution in [2.75, 3.05) is 34.4 Å². The molecular formula is C28H29N5O5S. The maximum Gasteiger partial charge on any atom is 0.272 e. The fourth-order valence-corrected chi connectivity index (χ4v) is 5.70. The third-order valence-corrected chi connectivity index (χ3v) is 7.78. The standard InChI is InChI=1S/C28H29N5O5S/c1-36-22-10-9-19(24(37-2)25(22)38-3)28(35)33-13-11-18(12-14-33)27-29-21(16-39-27)26(34)30-23-15-20(31-32-23)17-7-5-4-6-8-17/h4-10,15-16,18,23H,11-14H2,1-3H3,(H,30,34). The van der Waals surface area contributed by atoms with Gasteiger partial charge in [0.25, 0.3) is 11.8 Å². The fourth-order valence-electron chi connectivity index (χ4n) is 4.73. The number of ether oxygens (including phenoxy) is 3. The minimum Gasteiger partial charge on any atom is -0.493 e. The lowest BCUT2D eigenvalue weighted by atomic mass is 9.97. The van der Waals surface area contributed by atoms with Gasteiger partial charge in [0.1, 0.15) is 5.69 Å². The normalized spacial score (nSPS) is 17.1. The van der Waals surface area contributed by atoms with Crippen molar-refractivity contribution >= 4 is 28.8 Å². The van der Waals surface area contributed by atoms with Crippen molar-refractivity contribution in [3.63, 3.8) is 0 Å². The number of amides is 2. The lowest BCUT2D eigenvalue weighted by Gasteiger charge is -2.31. The average Bonchev–Trinajstić information content (AvgIpc) is 3.67. The van der Waals surface area contributed by atoms with E-state index in [4.69, 9.17) is 14.2 Å². The first-order valence-electron chi connectivity index (χ1n) is 12.5. The number of aromatic nitrogens is 1. The number of nitrogens with one attached hydrogen (secondary N) is 1. The zero-order chi connectivity index (χ0) is 27.4. The Kier molecular flexibility index (Phi) is 7.87. The van der Waals surface area contributed by atoms with E-state index in [0.717, 1.165) is 29.1 Å². The van der Waals surface area contributed by atoms with E-state index >= 15 is 0 Å². The van der Waals surface area contributed by atoms with Crippen molar-refractivity contribution in [2.45, 2.75) is 24.9 Å². The van der Waals surface area contributed by atoms with Crippen LogP contribution in [0.2, 0.25) is 0 Å². The number of rotatable bonds is 8. The molecule has 0 bridgehead atoms. The molecule has 1 N–H and O–H groups in total. The highest BCUT2D eigenvalue weighted by Gasteiger charge is 2.30. The van der Waals surface area contributed by atoms with Crippen LogP contribution >= 0.6 is 11.3 Å². The van der Waals surface area contributed by atoms with E-state index < -0.39 is 6.17 Å². The number of methoxy groups -OCH3 is 3. The summed E-state index contributed by atoms with van der Waals surface area (Å²) < 4.78 is 16.2. The van der Waals surface area contributed by atoms with Gasteiger partial charge in [-0.1, -0.05) is 30.3 Å². The Morgan fingerprint density at radius 3 is 2.41 bits per heavy atom. The van der Waals surface area contributed by atoms with Crippen LogP contribution in [0, 0.1) is 0 Å². The van der Waals surface area contributed by atoms with Crippen LogP contribution in [0.15, 0.2) is 64.1 Å². The summed E-state index contributed by atoms with van der Waals surface area (Å²) in [5.41, 5.74) is 2.46. The molecule has 2 aliphatic heterocycles. The second-order valence-electron chi connectivity index (χ2n) is 9.07. The van der Waals surface area contributed by atoms with E-state index in [1.807, 2.05) is 41.3 Å². The smallest absolute Gasteiger partial charge is 0.272 e. The summed E-state index contributed by atoms with van der Waals surface area (Å²) in [5, 5.41) is 13.9. The first kappa shape index (κ1) is 26.4. The van der Waals surface area contributed by atoms with Crippen LogP contribution in [0.4, 0.5) is 0 Å². The molecule has 0 saturated carbocycles.